The number of hydrogen-bond donors (Lipinski definition) is 1. The molecular weight excluding hydrogens is 238 g/mol. The number of nitrogens with zero attached hydrogens (tertiary/aromatic N) is 1. The lowest BCUT2D eigenvalue weighted by atomic mass is 10.1. The Morgan fingerprint density at radius 1 is 1.21 bits per heavy atom. The molecule has 0 aliphatic heterocycles. The number of aliphatic carboxylic acids is 1. The third-order valence-corrected chi connectivity index (χ3v) is 3.89. The summed E-state index contributed by atoms with van der Waals surface area (Å²) in [6, 6.07) is 10.4. The van der Waals surface area contributed by atoms with Crippen LogP contribution in [0.25, 0.3) is 0 Å². The van der Waals surface area contributed by atoms with Crippen molar-refractivity contribution in [1.29, 1.82) is 0 Å². The number of para-hydroxylation sites is 1. The first-order chi connectivity index (χ1) is 9.25. The number of rotatable bonds is 7. The molecule has 1 fully saturated rings. The van der Waals surface area contributed by atoms with Crippen molar-refractivity contribution >= 4 is 11.7 Å². The highest BCUT2D eigenvalue weighted by Gasteiger charge is 2.18. The second kappa shape index (κ2) is 7.17. The molecule has 0 aromatic heterocycles. The Hall–Kier alpha value is -1.51. The first kappa shape index (κ1) is 13.9. The first-order valence-electron chi connectivity index (χ1n) is 7.27. The van der Waals surface area contributed by atoms with Crippen LogP contribution in [-0.2, 0) is 4.79 Å². The van der Waals surface area contributed by atoms with E-state index in [2.05, 4.69) is 17.0 Å². The van der Waals surface area contributed by atoms with Gasteiger partial charge in [0.15, 0.2) is 0 Å². The number of benzene rings is 1. The highest BCUT2D eigenvalue weighted by atomic mass is 16.4. The van der Waals surface area contributed by atoms with E-state index in [0.29, 0.717) is 0 Å². The van der Waals surface area contributed by atoms with Gasteiger partial charge in [-0.2, -0.15) is 0 Å². The van der Waals surface area contributed by atoms with E-state index in [-0.39, 0.29) is 6.42 Å². The van der Waals surface area contributed by atoms with Gasteiger partial charge < -0.3 is 10.0 Å². The molecule has 19 heavy (non-hydrogen) atoms. The van der Waals surface area contributed by atoms with Gasteiger partial charge in [0, 0.05) is 25.2 Å². The maximum absolute atomic E-state index is 10.6. The summed E-state index contributed by atoms with van der Waals surface area (Å²) >= 11 is 0. The van der Waals surface area contributed by atoms with E-state index in [9.17, 15) is 4.79 Å². The second-order valence-corrected chi connectivity index (χ2v) is 5.43. The fraction of sp³-hybridized carbons (Fsp3) is 0.562. The number of hydrogen-bond acceptors (Lipinski definition) is 2. The largest absolute Gasteiger partial charge is 0.481 e. The van der Waals surface area contributed by atoms with Crippen molar-refractivity contribution in [2.45, 2.75) is 38.5 Å². The summed E-state index contributed by atoms with van der Waals surface area (Å²) in [5.41, 5.74) is 1.22. The molecule has 0 radical (unpaired) electrons. The Morgan fingerprint density at radius 2 is 1.89 bits per heavy atom. The normalized spacial score (nSPS) is 15.6. The highest BCUT2D eigenvalue weighted by molar-refractivity contribution is 5.66. The maximum atomic E-state index is 10.6. The Kier molecular flexibility index (Phi) is 5.25. The molecule has 0 atom stereocenters. The van der Waals surface area contributed by atoms with Crippen LogP contribution in [0.15, 0.2) is 30.3 Å². The van der Waals surface area contributed by atoms with Crippen LogP contribution in [0.2, 0.25) is 0 Å². The summed E-state index contributed by atoms with van der Waals surface area (Å²) in [7, 11) is 0. The predicted octanol–water partition coefficient (Wildman–Crippen LogP) is 3.55. The minimum Gasteiger partial charge on any atom is -0.481 e. The summed E-state index contributed by atoms with van der Waals surface area (Å²) in [5, 5.41) is 8.76. The van der Waals surface area contributed by atoms with Crippen molar-refractivity contribution in [3.8, 4) is 0 Å². The van der Waals surface area contributed by atoms with Crippen molar-refractivity contribution < 1.29 is 9.90 Å². The Morgan fingerprint density at radius 3 is 2.53 bits per heavy atom. The molecule has 1 aliphatic carbocycles. The van der Waals surface area contributed by atoms with E-state index in [0.717, 1.165) is 25.4 Å². The van der Waals surface area contributed by atoms with E-state index >= 15 is 0 Å². The van der Waals surface area contributed by atoms with Crippen LogP contribution in [0.3, 0.4) is 0 Å². The molecule has 1 aromatic carbocycles. The molecule has 2 rings (SSSR count). The summed E-state index contributed by atoms with van der Waals surface area (Å²) in [5.74, 6) is 0.0823. The smallest absolute Gasteiger partial charge is 0.303 e. The van der Waals surface area contributed by atoms with Gasteiger partial charge in [-0.05, 0) is 37.3 Å². The number of carbonyl (C=O) groups is 1. The number of anilines is 1. The van der Waals surface area contributed by atoms with E-state index in [1.165, 1.54) is 31.4 Å². The predicted molar refractivity (Wildman–Crippen MR) is 77.5 cm³/mol. The van der Waals surface area contributed by atoms with Gasteiger partial charge in [0.05, 0.1) is 0 Å². The number of carboxylic acid groups (broad SMARTS) is 1. The van der Waals surface area contributed by atoms with Crippen molar-refractivity contribution in [2.75, 3.05) is 18.0 Å². The van der Waals surface area contributed by atoms with Crippen molar-refractivity contribution in [3.63, 3.8) is 0 Å². The quantitative estimate of drug-likeness (QED) is 0.816. The fourth-order valence-corrected chi connectivity index (χ4v) is 2.89. The summed E-state index contributed by atoms with van der Waals surface area (Å²) in [4.78, 5) is 13.0. The van der Waals surface area contributed by atoms with E-state index in [1.54, 1.807) is 0 Å². The van der Waals surface area contributed by atoms with Crippen LogP contribution in [0.5, 0.6) is 0 Å². The molecule has 1 aliphatic rings. The van der Waals surface area contributed by atoms with Gasteiger partial charge in [-0.25, -0.2) is 0 Å². The lowest BCUT2D eigenvalue weighted by Gasteiger charge is -2.27. The third kappa shape index (κ3) is 4.58. The van der Waals surface area contributed by atoms with Crippen molar-refractivity contribution in [3.05, 3.63) is 30.3 Å². The Labute approximate surface area is 115 Å². The van der Waals surface area contributed by atoms with Crippen LogP contribution in [0.1, 0.15) is 38.5 Å². The molecule has 104 valence electrons. The van der Waals surface area contributed by atoms with Crippen LogP contribution in [0, 0.1) is 5.92 Å². The third-order valence-electron chi connectivity index (χ3n) is 3.89. The van der Waals surface area contributed by atoms with Gasteiger partial charge in [-0.1, -0.05) is 31.0 Å². The second-order valence-electron chi connectivity index (χ2n) is 5.43. The average Bonchev–Trinajstić information content (AvgIpc) is 2.91. The minimum absolute atomic E-state index is 0.258. The van der Waals surface area contributed by atoms with Gasteiger partial charge in [0.25, 0.3) is 0 Å². The van der Waals surface area contributed by atoms with Crippen LogP contribution < -0.4 is 4.90 Å². The van der Waals surface area contributed by atoms with Crippen LogP contribution in [0.4, 0.5) is 5.69 Å². The molecule has 3 nitrogen and oxygen atoms in total. The van der Waals surface area contributed by atoms with Gasteiger partial charge in [0.2, 0.25) is 0 Å². The first-order valence-corrected chi connectivity index (χ1v) is 7.27. The van der Waals surface area contributed by atoms with Gasteiger partial charge in [0.1, 0.15) is 0 Å². The van der Waals surface area contributed by atoms with Gasteiger partial charge in [-0.15, -0.1) is 0 Å². The van der Waals surface area contributed by atoms with Crippen LogP contribution in [-0.4, -0.2) is 24.2 Å². The fourth-order valence-electron chi connectivity index (χ4n) is 2.89. The molecule has 0 spiro atoms. The summed E-state index contributed by atoms with van der Waals surface area (Å²) < 4.78 is 0. The highest BCUT2D eigenvalue weighted by Crippen LogP contribution is 2.27. The van der Waals surface area contributed by atoms with Gasteiger partial charge >= 0.3 is 5.97 Å². The molecule has 3 heteroatoms. The molecule has 1 N–H and O–H groups in total. The molecule has 0 bridgehead atoms. The lowest BCUT2D eigenvalue weighted by Crippen LogP contribution is -2.30. The van der Waals surface area contributed by atoms with E-state index < -0.39 is 5.97 Å². The summed E-state index contributed by atoms with van der Waals surface area (Å²) in [6.45, 7) is 1.91. The molecule has 0 saturated heterocycles. The van der Waals surface area contributed by atoms with Crippen molar-refractivity contribution in [1.82, 2.24) is 0 Å². The standard InChI is InChI=1S/C16H23NO2/c18-16(19)11-6-12-17(13-14-7-4-5-8-14)15-9-2-1-3-10-15/h1-3,9-10,14H,4-8,11-13H2,(H,18,19). The minimum atomic E-state index is -0.700. The molecule has 1 saturated carbocycles. The lowest BCUT2D eigenvalue weighted by molar-refractivity contribution is -0.137. The number of carboxylic acids is 1. The molecule has 0 unspecified atom stereocenters. The molecule has 0 heterocycles. The van der Waals surface area contributed by atoms with Crippen molar-refractivity contribution in [2.24, 2.45) is 5.92 Å². The summed E-state index contributed by atoms with van der Waals surface area (Å²) in [6.07, 6.45) is 6.32. The molecule has 1 aromatic rings. The Bertz CT molecular complexity index is 385. The zero-order valence-corrected chi connectivity index (χ0v) is 11.4. The zero-order valence-electron chi connectivity index (χ0n) is 11.4. The topological polar surface area (TPSA) is 40.5 Å². The monoisotopic (exact) mass is 261 g/mol. The molecular formula is C16H23NO2. The van der Waals surface area contributed by atoms with Gasteiger partial charge in [-0.3, -0.25) is 4.79 Å². The average molecular weight is 261 g/mol. The van der Waals surface area contributed by atoms with E-state index in [4.69, 9.17) is 5.11 Å². The zero-order chi connectivity index (χ0) is 13.5. The maximum Gasteiger partial charge on any atom is 0.303 e. The van der Waals surface area contributed by atoms with E-state index in [1.807, 2.05) is 18.2 Å². The molecule has 0 amide bonds. The Balaban J connectivity index is 1.93. The SMILES string of the molecule is O=C(O)CCCN(CC1CCCC1)c1ccccc1. The van der Waals surface area contributed by atoms with Crippen LogP contribution >= 0.6 is 0 Å².